The van der Waals surface area contributed by atoms with Crippen LogP contribution in [0.5, 0.6) is 0 Å². The van der Waals surface area contributed by atoms with Gasteiger partial charge in [-0.1, -0.05) is 22.6 Å². The third-order valence-corrected chi connectivity index (χ3v) is 4.34. The molecule has 0 spiro atoms. The van der Waals surface area contributed by atoms with Crippen LogP contribution in [0.3, 0.4) is 0 Å². The smallest absolute Gasteiger partial charge is 0.311 e. The lowest BCUT2D eigenvalue weighted by Crippen LogP contribution is -2.02. The summed E-state index contributed by atoms with van der Waals surface area (Å²) in [6.45, 7) is 0. The molecule has 0 aliphatic carbocycles. The van der Waals surface area contributed by atoms with E-state index in [0.29, 0.717) is 11.3 Å². The average Bonchev–Trinajstić information content (AvgIpc) is 2.62. The zero-order valence-corrected chi connectivity index (χ0v) is 14.5. The molecule has 0 saturated carbocycles. The molecule has 0 aliphatic heterocycles. The number of alkyl halides is 1. The number of nitrogens with two attached hydrogens (primary N) is 1. The molecule has 0 bridgehead atoms. The van der Waals surface area contributed by atoms with Crippen LogP contribution in [0.4, 0.5) is 11.5 Å². The van der Waals surface area contributed by atoms with E-state index in [9.17, 15) is 10.1 Å². The Kier molecular flexibility index (Phi) is 4.65. The van der Waals surface area contributed by atoms with Crippen LogP contribution < -0.4 is 5.73 Å². The number of aromatic nitrogens is 3. The quantitative estimate of drug-likeness (QED) is 0.291. The van der Waals surface area contributed by atoms with Gasteiger partial charge in [-0.05, 0) is 29.3 Å². The summed E-state index contributed by atoms with van der Waals surface area (Å²) in [5.74, 6) is -0.111. The first kappa shape index (κ1) is 16.2. The molecular weight excluding hydrogens is 421 g/mol. The summed E-state index contributed by atoms with van der Waals surface area (Å²) in [6, 6.07) is 6.89. The maximum Gasteiger partial charge on any atom is 0.311 e. The molecular formula is C16H12IN5O2. The number of pyridine rings is 3. The highest BCUT2D eigenvalue weighted by Crippen LogP contribution is 2.37. The van der Waals surface area contributed by atoms with Gasteiger partial charge >= 0.3 is 5.69 Å². The third kappa shape index (κ3) is 3.04. The Hall–Kier alpha value is -2.62. The van der Waals surface area contributed by atoms with Gasteiger partial charge in [0.05, 0.1) is 10.6 Å². The van der Waals surface area contributed by atoms with E-state index in [1.165, 1.54) is 6.07 Å². The Bertz CT molecular complexity index is 902. The number of rotatable bonds is 4. The first-order valence-electron chi connectivity index (χ1n) is 6.96. The van der Waals surface area contributed by atoms with Crippen LogP contribution in [0.25, 0.3) is 22.4 Å². The van der Waals surface area contributed by atoms with E-state index in [0.717, 1.165) is 21.1 Å². The van der Waals surface area contributed by atoms with Crippen LogP contribution >= 0.6 is 22.6 Å². The molecule has 0 aromatic carbocycles. The molecule has 8 heteroatoms. The fourth-order valence-corrected chi connectivity index (χ4v) is 3.00. The SMILES string of the molecule is Nc1nc(-c2ccncc2)c(-c2ccncc2CI)cc1[N+](=O)[O-]. The molecule has 0 atom stereocenters. The number of nitrogens with zero attached hydrogens (tertiary/aromatic N) is 4. The van der Waals surface area contributed by atoms with Crippen molar-refractivity contribution < 1.29 is 4.92 Å². The monoisotopic (exact) mass is 433 g/mol. The average molecular weight is 433 g/mol. The molecule has 3 heterocycles. The van der Waals surface area contributed by atoms with E-state index in [1.807, 2.05) is 6.07 Å². The summed E-state index contributed by atoms with van der Waals surface area (Å²) in [6.07, 6.45) is 6.69. The van der Waals surface area contributed by atoms with Crippen molar-refractivity contribution in [2.75, 3.05) is 5.73 Å². The maximum atomic E-state index is 11.3. The minimum Gasteiger partial charge on any atom is -0.378 e. The summed E-state index contributed by atoms with van der Waals surface area (Å²) in [7, 11) is 0. The molecule has 120 valence electrons. The first-order valence-corrected chi connectivity index (χ1v) is 8.49. The number of hydrogen-bond acceptors (Lipinski definition) is 6. The molecule has 24 heavy (non-hydrogen) atoms. The highest BCUT2D eigenvalue weighted by Gasteiger charge is 2.21. The van der Waals surface area contributed by atoms with Crippen LogP contribution in [0.15, 0.2) is 49.1 Å². The van der Waals surface area contributed by atoms with Gasteiger partial charge in [0, 0.05) is 46.4 Å². The predicted molar refractivity (Wildman–Crippen MR) is 99.5 cm³/mol. The van der Waals surface area contributed by atoms with Crippen molar-refractivity contribution in [1.29, 1.82) is 0 Å². The molecule has 0 saturated heterocycles. The first-order chi connectivity index (χ1) is 11.6. The second kappa shape index (κ2) is 6.87. The third-order valence-electron chi connectivity index (χ3n) is 3.52. The Morgan fingerprint density at radius 2 is 1.83 bits per heavy atom. The summed E-state index contributed by atoms with van der Waals surface area (Å²) < 4.78 is 0.717. The fraction of sp³-hybridized carbons (Fsp3) is 0.0625. The molecule has 3 rings (SSSR count). The standard InChI is InChI=1S/C16H12IN5O2/c17-8-11-9-20-6-3-12(11)13-7-14(22(23)24)16(18)21-15(13)10-1-4-19-5-2-10/h1-7,9H,8H2,(H2,18,21). The van der Waals surface area contributed by atoms with Crippen molar-refractivity contribution >= 4 is 34.1 Å². The van der Waals surface area contributed by atoms with E-state index < -0.39 is 4.92 Å². The van der Waals surface area contributed by atoms with Crippen LogP contribution in [0.2, 0.25) is 0 Å². The van der Waals surface area contributed by atoms with Crippen molar-refractivity contribution in [3.63, 3.8) is 0 Å². The summed E-state index contributed by atoms with van der Waals surface area (Å²) in [5.41, 5.74) is 9.42. The number of nitrogen functional groups attached to an aromatic ring is 1. The van der Waals surface area contributed by atoms with Crippen molar-refractivity contribution in [2.24, 2.45) is 0 Å². The zero-order chi connectivity index (χ0) is 17.1. The molecule has 3 aromatic heterocycles. The van der Waals surface area contributed by atoms with E-state index >= 15 is 0 Å². The minimum absolute atomic E-state index is 0.111. The Balaban J connectivity index is 2.33. The Morgan fingerprint density at radius 1 is 1.12 bits per heavy atom. The lowest BCUT2D eigenvalue weighted by Gasteiger charge is -2.13. The lowest BCUT2D eigenvalue weighted by atomic mass is 9.97. The molecule has 0 amide bonds. The summed E-state index contributed by atoms with van der Waals surface area (Å²) in [5, 5.41) is 11.3. The second-order valence-corrected chi connectivity index (χ2v) is 5.71. The van der Waals surface area contributed by atoms with Crippen LogP contribution in [-0.4, -0.2) is 19.9 Å². The van der Waals surface area contributed by atoms with Crippen molar-refractivity contribution in [3.8, 4) is 22.4 Å². The van der Waals surface area contributed by atoms with E-state index in [2.05, 4.69) is 37.5 Å². The minimum atomic E-state index is -0.521. The van der Waals surface area contributed by atoms with Gasteiger partial charge < -0.3 is 5.73 Å². The highest BCUT2D eigenvalue weighted by atomic mass is 127. The van der Waals surface area contributed by atoms with Crippen LogP contribution in [-0.2, 0) is 4.43 Å². The topological polar surface area (TPSA) is 108 Å². The zero-order valence-electron chi connectivity index (χ0n) is 12.4. The number of nitro groups is 1. The summed E-state index contributed by atoms with van der Waals surface area (Å²) >= 11 is 2.23. The van der Waals surface area contributed by atoms with Crippen molar-refractivity contribution in [1.82, 2.24) is 15.0 Å². The molecule has 0 fully saturated rings. The maximum absolute atomic E-state index is 11.3. The molecule has 2 N–H and O–H groups in total. The lowest BCUT2D eigenvalue weighted by molar-refractivity contribution is -0.384. The van der Waals surface area contributed by atoms with Gasteiger partial charge in [-0.25, -0.2) is 4.98 Å². The number of hydrogen-bond donors (Lipinski definition) is 1. The van der Waals surface area contributed by atoms with Crippen molar-refractivity contribution in [2.45, 2.75) is 4.43 Å². The normalized spacial score (nSPS) is 10.5. The Morgan fingerprint density at radius 3 is 2.50 bits per heavy atom. The van der Waals surface area contributed by atoms with Gasteiger partial charge in [0.1, 0.15) is 0 Å². The second-order valence-electron chi connectivity index (χ2n) is 4.95. The van der Waals surface area contributed by atoms with Gasteiger partial charge in [0.2, 0.25) is 5.82 Å². The summed E-state index contributed by atoms with van der Waals surface area (Å²) in [4.78, 5) is 23.2. The Labute approximate surface area is 151 Å². The number of halogens is 1. The van der Waals surface area contributed by atoms with E-state index in [4.69, 9.17) is 5.73 Å². The van der Waals surface area contributed by atoms with Crippen molar-refractivity contribution in [3.05, 3.63) is 64.7 Å². The van der Waals surface area contributed by atoms with E-state index in [1.54, 1.807) is 36.9 Å². The molecule has 0 radical (unpaired) electrons. The van der Waals surface area contributed by atoms with Gasteiger partial charge in [0.25, 0.3) is 0 Å². The van der Waals surface area contributed by atoms with Crippen LogP contribution in [0, 0.1) is 10.1 Å². The number of anilines is 1. The van der Waals surface area contributed by atoms with E-state index in [-0.39, 0.29) is 11.5 Å². The van der Waals surface area contributed by atoms with Gasteiger partial charge in [-0.2, -0.15) is 0 Å². The molecule has 3 aromatic rings. The molecule has 0 unspecified atom stereocenters. The highest BCUT2D eigenvalue weighted by molar-refractivity contribution is 14.1. The van der Waals surface area contributed by atoms with Gasteiger partial charge in [-0.3, -0.25) is 20.1 Å². The van der Waals surface area contributed by atoms with Crippen LogP contribution in [0.1, 0.15) is 5.56 Å². The molecule has 7 nitrogen and oxygen atoms in total. The predicted octanol–water partition coefficient (Wildman–Crippen LogP) is 3.63. The molecule has 0 aliphatic rings. The fourth-order valence-electron chi connectivity index (χ4n) is 2.39. The van der Waals surface area contributed by atoms with Gasteiger partial charge in [0.15, 0.2) is 0 Å². The van der Waals surface area contributed by atoms with Gasteiger partial charge in [-0.15, -0.1) is 0 Å². The largest absolute Gasteiger partial charge is 0.378 e.